The van der Waals surface area contributed by atoms with Crippen LogP contribution in [0.2, 0.25) is 5.02 Å². The summed E-state index contributed by atoms with van der Waals surface area (Å²) in [6, 6.07) is 16.1. The van der Waals surface area contributed by atoms with Crippen LogP contribution in [0.4, 0.5) is 17.3 Å². The number of para-hydroxylation sites is 1. The summed E-state index contributed by atoms with van der Waals surface area (Å²) in [4.78, 5) is 21.0. The lowest BCUT2D eigenvalue weighted by Gasteiger charge is -2.10. The summed E-state index contributed by atoms with van der Waals surface area (Å²) in [6.07, 6.45) is 0. The van der Waals surface area contributed by atoms with Crippen molar-refractivity contribution in [3.05, 3.63) is 71.0 Å². The monoisotopic (exact) mass is 368 g/mol. The molecule has 0 spiro atoms. The van der Waals surface area contributed by atoms with Gasteiger partial charge < -0.3 is 15.4 Å². The van der Waals surface area contributed by atoms with E-state index in [1.807, 2.05) is 30.3 Å². The zero-order valence-electron chi connectivity index (χ0n) is 14.3. The molecule has 6 nitrogen and oxygen atoms in total. The van der Waals surface area contributed by atoms with Gasteiger partial charge >= 0.3 is 0 Å². The fraction of sp³-hybridized carbons (Fsp3) is 0.105. The Morgan fingerprint density at radius 2 is 1.81 bits per heavy atom. The van der Waals surface area contributed by atoms with Gasteiger partial charge in [-0.25, -0.2) is 9.97 Å². The van der Waals surface area contributed by atoms with Crippen LogP contribution < -0.4 is 15.4 Å². The van der Waals surface area contributed by atoms with Gasteiger partial charge in [0.05, 0.1) is 12.1 Å². The smallest absolute Gasteiger partial charge is 0.274 e. The molecule has 0 aliphatic heterocycles. The third-order valence-corrected chi connectivity index (χ3v) is 3.82. The molecule has 0 fully saturated rings. The number of carbonyl (C=O) groups excluding carboxylic acids is 1. The molecule has 0 unspecified atom stereocenters. The van der Waals surface area contributed by atoms with Gasteiger partial charge in [0.15, 0.2) is 0 Å². The van der Waals surface area contributed by atoms with Gasteiger partial charge in [-0.3, -0.25) is 4.79 Å². The molecule has 0 bridgehead atoms. The van der Waals surface area contributed by atoms with Crippen molar-refractivity contribution in [1.29, 1.82) is 0 Å². The van der Waals surface area contributed by atoms with E-state index in [1.165, 1.54) is 0 Å². The number of aromatic nitrogens is 2. The van der Waals surface area contributed by atoms with E-state index in [4.69, 9.17) is 16.3 Å². The van der Waals surface area contributed by atoms with E-state index in [-0.39, 0.29) is 11.6 Å². The van der Waals surface area contributed by atoms with Gasteiger partial charge in [-0.1, -0.05) is 29.8 Å². The molecule has 1 aromatic heterocycles. The van der Waals surface area contributed by atoms with Gasteiger partial charge in [-0.2, -0.15) is 0 Å². The van der Waals surface area contributed by atoms with E-state index in [0.29, 0.717) is 33.8 Å². The van der Waals surface area contributed by atoms with Crippen molar-refractivity contribution in [2.24, 2.45) is 0 Å². The SMILES string of the molecule is COc1ccc(Nc2nc(C)cc(C(=O)Nc3ccccc3)n2)cc1Cl. The Hall–Kier alpha value is -3.12. The molecule has 1 heterocycles. The Labute approximate surface area is 156 Å². The summed E-state index contributed by atoms with van der Waals surface area (Å²) >= 11 is 6.13. The first kappa shape index (κ1) is 17.7. The number of benzene rings is 2. The van der Waals surface area contributed by atoms with Crippen LogP contribution in [0.25, 0.3) is 0 Å². The lowest BCUT2D eigenvalue weighted by molar-refractivity contribution is 0.102. The normalized spacial score (nSPS) is 10.3. The zero-order chi connectivity index (χ0) is 18.5. The summed E-state index contributed by atoms with van der Waals surface area (Å²) < 4.78 is 5.13. The van der Waals surface area contributed by atoms with Crippen molar-refractivity contribution in [2.45, 2.75) is 6.92 Å². The van der Waals surface area contributed by atoms with E-state index in [9.17, 15) is 4.79 Å². The number of methoxy groups -OCH3 is 1. The van der Waals surface area contributed by atoms with E-state index in [0.717, 1.165) is 0 Å². The maximum absolute atomic E-state index is 12.4. The number of halogens is 1. The molecule has 0 atom stereocenters. The highest BCUT2D eigenvalue weighted by Crippen LogP contribution is 2.28. The molecule has 2 N–H and O–H groups in total. The summed E-state index contributed by atoms with van der Waals surface area (Å²) in [5.74, 6) is 0.576. The molecule has 3 aromatic rings. The predicted octanol–water partition coefficient (Wildman–Crippen LogP) is 4.44. The average molecular weight is 369 g/mol. The van der Waals surface area contributed by atoms with Crippen molar-refractivity contribution in [2.75, 3.05) is 17.7 Å². The third-order valence-electron chi connectivity index (χ3n) is 3.53. The van der Waals surface area contributed by atoms with Crippen LogP contribution in [0.5, 0.6) is 5.75 Å². The first-order valence-electron chi connectivity index (χ1n) is 7.88. The van der Waals surface area contributed by atoms with Gasteiger partial charge in [-0.05, 0) is 43.3 Å². The van der Waals surface area contributed by atoms with Gasteiger partial charge in [0.1, 0.15) is 11.4 Å². The maximum atomic E-state index is 12.4. The van der Waals surface area contributed by atoms with Crippen molar-refractivity contribution < 1.29 is 9.53 Å². The highest BCUT2D eigenvalue weighted by atomic mass is 35.5. The Kier molecular flexibility index (Phi) is 5.34. The summed E-state index contributed by atoms with van der Waals surface area (Å²) in [7, 11) is 1.55. The number of carbonyl (C=O) groups is 1. The van der Waals surface area contributed by atoms with Gasteiger partial charge in [0, 0.05) is 17.1 Å². The van der Waals surface area contributed by atoms with Gasteiger partial charge in [0.2, 0.25) is 5.95 Å². The molecule has 132 valence electrons. The Bertz CT molecular complexity index is 932. The fourth-order valence-corrected chi connectivity index (χ4v) is 2.59. The number of anilines is 3. The van der Waals surface area contributed by atoms with E-state index < -0.39 is 0 Å². The summed E-state index contributed by atoms with van der Waals surface area (Å²) in [5, 5.41) is 6.32. The van der Waals surface area contributed by atoms with Crippen molar-refractivity contribution in [3.63, 3.8) is 0 Å². The van der Waals surface area contributed by atoms with Crippen molar-refractivity contribution >= 4 is 34.8 Å². The van der Waals surface area contributed by atoms with E-state index in [1.54, 1.807) is 38.3 Å². The molecule has 0 saturated carbocycles. The Morgan fingerprint density at radius 3 is 2.50 bits per heavy atom. The standard InChI is InChI=1S/C19H17ClN4O2/c1-12-10-16(18(25)22-13-6-4-3-5-7-13)24-19(21-12)23-14-8-9-17(26-2)15(20)11-14/h3-11H,1-2H3,(H,22,25)(H,21,23,24). The lowest BCUT2D eigenvalue weighted by Crippen LogP contribution is -2.15. The highest BCUT2D eigenvalue weighted by Gasteiger charge is 2.12. The third kappa shape index (κ3) is 4.29. The average Bonchev–Trinajstić information content (AvgIpc) is 2.62. The number of hydrogen-bond donors (Lipinski definition) is 2. The Morgan fingerprint density at radius 1 is 1.04 bits per heavy atom. The quantitative estimate of drug-likeness (QED) is 0.696. The molecule has 0 radical (unpaired) electrons. The molecular formula is C19H17ClN4O2. The number of aryl methyl sites for hydroxylation is 1. The minimum absolute atomic E-state index is 0.267. The van der Waals surface area contributed by atoms with Crippen LogP contribution in [0.3, 0.4) is 0 Å². The molecule has 2 aromatic carbocycles. The topological polar surface area (TPSA) is 76.1 Å². The van der Waals surface area contributed by atoms with Crippen LogP contribution in [0.15, 0.2) is 54.6 Å². The van der Waals surface area contributed by atoms with Crippen LogP contribution in [0, 0.1) is 6.92 Å². The molecule has 1 amide bonds. The van der Waals surface area contributed by atoms with E-state index in [2.05, 4.69) is 20.6 Å². The molecular weight excluding hydrogens is 352 g/mol. The van der Waals surface area contributed by atoms with Crippen LogP contribution in [-0.4, -0.2) is 23.0 Å². The highest BCUT2D eigenvalue weighted by molar-refractivity contribution is 6.32. The van der Waals surface area contributed by atoms with E-state index >= 15 is 0 Å². The minimum atomic E-state index is -0.308. The van der Waals surface area contributed by atoms with Crippen LogP contribution in [-0.2, 0) is 0 Å². The fourth-order valence-electron chi connectivity index (χ4n) is 2.33. The first-order valence-corrected chi connectivity index (χ1v) is 8.25. The number of hydrogen-bond acceptors (Lipinski definition) is 5. The first-order chi connectivity index (χ1) is 12.5. The lowest BCUT2D eigenvalue weighted by atomic mass is 10.3. The number of ether oxygens (including phenoxy) is 1. The predicted molar refractivity (Wildman–Crippen MR) is 102 cm³/mol. The van der Waals surface area contributed by atoms with Crippen LogP contribution in [0.1, 0.15) is 16.2 Å². The minimum Gasteiger partial charge on any atom is -0.495 e. The van der Waals surface area contributed by atoms with Gasteiger partial charge in [-0.15, -0.1) is 0 Å². The molecule has 0 aliphatic rings. The second-order valence-corrected chi connectivity index (χ2v) is 5.92. The number of nitrogens with one attached hydrogen (secondary N) is 2. The molecule has 26 heavy (non-hydrogen) atoms. The van der Waals surface area contributed by atoms with Crippen molar-refractivity contribution in [3.8, 4) is 5.75 Å². The number of amides is 1. The second kappa shape index (κ2) is 7.84. The molecule has 3 rings (SSSR count). The largest absolute Gasteiger partial charge is 0.495 e. The second-order valence-electron chi connectivity index (χ2n) is 5.51. The van der Waals surface area contributed by atoms with Crippen molar-refractivity contribution in [1.82, 2.24) is 9.97 Å². The molecule has 7 heteroatoms. The molecule has 0 aliphatic carbocycles. The number of nitrogens with zero attached hydrogens (tertiary/aromatic N) is 2. The van der Waals surface area contributed by atoms with Crippen LogP contribution >= 0.6 is 11.6 Å². The summed E-state index contributed by atoms with van der Waals surface area (Å²) in [5.41, 5.74) is 2.32. The zero-order valence-corrected chi connectivity index (χ0v) is 15.0. The summed E-state index contributed by atoms with van der Waals surface area (Å²) in [6.45, 7) is 1.80. The molecule has 0 saturated heterocycles. The Balaban J connectivity index is 1.81. The number of rotatable bonds is 5. The van der Waals surface area contributed by atoms with Gasteiger partial charge in [0.25, 0.3) is 5.91 Å². The maximum Gasteiger partial charge on any atom is 0.274 e.